The highest BCUT2D eigenvalue weighted by molar-refractivity contribution is 6.27. The summed E-state index contributed by atoms with van der Waals surface area (Å²) in [7, 11) is 1.24. The van der Waals surface area contributed by atoms with E-state index in [1.165, 1.54) is 14.0 Å². The first kappa shape index (κ1) is 18.3. The van der Waals surface area contributed by atoms with Crippen molar-refractivity contribution < 1.29 is 23.9 Å². The molecule has 140 valence electrons. The Bertz CT molecular complexity index is 942. The number of fused-ring (bicyclic) bond motifs is 1. The summed E-state index contributed by atoms with van der Waals surface area (Å²) in [5.41, 5.74) is 1.89. The van der Waals surface area contributed by atoms with Crippen LogP contribution in [0.25, 0.3) is 10.9 Å². The number of nitrogens with one attached hydrogen (secondary N) is 3. The van der Waals surface area contributed by atoms with Gasteiger partial charge in [0.15, 0.2) is 12.0 Å². The Morgan fingerprint density at radius 1 is 1.19 bits per heavy atom. The molecule has 0 unspecified atom stereocenters. The van der Waals surface area contributed by atoms with E-state index in [0.29, 0.717) is 0 Å². The van der Waals surface area contributed by atoms with Gasteiger partial charge < -0.3 is 9.72 Å². The lowest BCUT2D eigenvalue weighted by atomic mass is 9.99. The van der Waals surface area contributed by atoms with Crippen LogP contribution in [0.1, 0.15) is 12.5 Å². The highest BCUT2D eigenvalue weighted by atomic mass is 16.5. The van der Waals surface area contributed by atoms with Crippen LogP contribution in [-0.2, 0) is 25.5 Å². The Hall–Kier alpha value is -3.49. The SMILES string of the molecule is COC(=O)[C@H](Cc1c[nH]c2ccccc12)N=C(C)C1C(=O)NC(=O)NC1=O. The zero-order chi connectivity index (χ0) is 19.6. The quantitative estimate of drug-likeness (QED) is 0.405. The van der Waals surface area contributed by atoms with Crippen LogP contribution in [0.15, 0.2) is 35.5 Å². The zero-order valence-electron chi connectivity index (χ0n) is 14.7. The second kappa shape index (κ2) is 7.40. The molecule has 1 fully saturated rings. The smallest absolute Gasteiger partial charge is 0.330 e. The molecule has 1 aromatic carbocycles. The average molecular weight is 370 g/mol. The lowest BCUT2D eigenvalue weighted by Crippen LogP contribution is -2.57. The number of barbiturate groups is 1. The second-order valence-corrected chi connectivity index (χ2v) is 6.11. The van der Waals surface area contributed by atoms with E-state index in [0.717, 1.165) is 16.5 Å². The maximum absolute atomic E-state index is 12.2. The van der Waals surface area contributed by atoms with Crippen LogP contribution in [0, 0.1) is 5.92 Å². The number of amides is 4. The van der Waals surface area contributed by atoms with Crippen molar-refractivity contribution in [1.29, 1.82) is 0 Å². The van der Waals surface area contributed by atoms with Gasteiger partial charge in [-0.15, -0.1) is 0 Å². The average Bonchev–Trinajstić information content (AvgIpc) is 3.02. The summed E-state index contributed by atoms with van der Waals surface area (Å²) >= 11 is 0. The van der Waals surface area contributed by atoms with Crippen molar-refractivity contribution in [3.05, 3.63) is 36.0 Å². The Morgan fingerprint density at radius 3 is 2.52 bits per heavy atom. The topological polar surface area (TPSA) is 130 Å². The molecule has 0 radical (unpaired) electrons. The highest BCUT2D eigenvalue weighted by Gasteiger charge is 2.37. The van der Waals surface area contributed by atoms with Crippen LogP contribution in [0.3, 0.4) is 0 Å². The lowest BCUT2D eigenvalue weighted by Gasteiger charge is -2.21. The molecule has 2 aromatic rings. The van der Waals surface area contributed by atoms with Crippen LogP contribution < -0.4 is 10.6 Å². The summed E-state index contributed by atoms with van der Waals surface area (Å²) in [5.74, 6) is -3.42. The van der Waals surface area contributed by atoms with E-state index in [1.54, 1.807) is 6.20 Å². The fourth-order valence-corrected chi connectivity index (χ4v) is 3.04. The molecule has 1 aromatic heterocycles. The molecule has 3 N–H and O–H groups in total. The van der Waals surface area contributed by atoms with Gasteiger partial charge in [-0.1, -0.05) is 18.2 Å². The summed E-state index contributed by atoms with van der Waals surface area (Å²) < 4.78 is 4.82. The number of urea groups is 1. The van der Waals surface area contributed by atoms with Gasteiger partial charge in [-0.25, -0.2) is 9.59 Å². The predicted octanol–water partition coefficient (Wildman–Crippen LogP) is 0.695. The number of carbonyl (C=O) groups excluding carboxylic acids is 4. The van der Waals surface area contributed by atoms with Crippen molar-refractivity contribution >= 4 is 40.4 Å². The molecule has 0 aliphatic carbocycles. The molecule has 4 amide bonds. The number of ether oxygens (including phenoxy) is 1. The minimum atomic E-state index is -1.28. The van der Waals surface area contributed by atoms with Crippen LogP contribution in [0.2, 0.25) is 0 Å². The highest BCUT2D eigenvalue weighted by Crippen LogP contribution is 2.21. The number of rotatable bonds is 5. The number of aliphatic imine (C=N–C) groups is 1. The Morgan fingerprint density at radius 2 is 1.85 bits per heavy atom. The second-order valence-electron chi connectivity index (χ2n) is 6.11. The van der Waals surface area contributed by atoms with E-state index in [9.17, 15) is 19.2 Å². The number of imide groups is 2. The summed E-state index contributed by atoms with van der Waals surface area (Å²) in [5, 5.41) is 4.97. The normalized spacial score (nSPS) is 16.8. The third kappa shape index (κ3) is 3.71. The summed E-state index contributed by atoms with van der Waals surface area (Å²) in [4.78, 5) is 54.7. The van der Waals surface area contributed by atoms with Crippen LogP contribution >= 0.6 is 0 Å². The summed E-state index contributed by atoms with van der Waals surface area (Å²) in [6.07, 6.45) is 2.01. The molecule has 2 heterocycles. The Balaban J connectivity index is 1.89. The first-order valence-electron chi connectivity index (χ1n) is 8.23. The number of methoxy groups -OCH3 is 1. The third-order valence-electron chi connectivity index (χ3n) is 4.34. The lowest BCUT2D eigenvalue weighted by molar-refractivity contribution is -0.142. The molecule has 0 bridgehead atoms. The molecule has 0 saturated carbocycles. The monoisotopic (exact) mass is 370 g/mol. The van der Waals surface area contributed by atoms with Gasteiger partial charge in [-0.3, -0.25) is 25.2 Å². The van der Waals surface area contributed by atoms with Crippen molar-refractivity contribution in [1.82, 2.24) is 15.6 Å². The molecule has 0 spiro atoms. The van der Waals surface area contributed by atoms with Crippen LogP contribution in [-0.4, -0.2) is 47.7 Å². The first-order valence-corrected chi connectivity index (χ1v) is 8.23. The van der Waals surface area contributed by atoms with Crippen molar-refractivity contribution in [3.63, 3.8) is 0 Å². The number of aromatic nitrogens is 1. The van der Waals surface area contributed by atoms with E-state index in [-0.39, 0.29) is 12.1 Å². The minimum Gasteiger partial charge on any atom is -0.467 e. The number of aromatic amines is 1. The molecule has 1 aliphatic heterocycles. The molecule has 27 heavy (non-hydrogen) atoms. The third-order valence-corrected chi connectivity index (χ3v) is 4.34. The Labute approximate surface area is 154 Å². The fourth-order valence-electron chi connectivity index (χ4n) is 3.04. The van der Waals surface area contributed by atoms with Gasteiger partial charge in [-0.2, -0.15) is 0 Å². The van der Waals surface area contributed by atoms with E-state index < -0.39 is 35.8 Å². The van der Waals surface area contributed by atoms with E-state index in [4.69, 9.17) is 4.74 Å². The van der Waals surface area contributed by atoms with Crippen molar-refractivity contribution in [2.75, 3.05) is 7.11 Å². The van der Waals surface area contributed by atoms with Gasteiger partial charge in [0.2, 0.25) is 11.8 Å². The summed E-state index contributed by atoms with van der Waals surface area (Å²) in [6, 6.07) is 5.79. The summed E-state index contributed by atoms with van der Waals surface area (Å²) in [6.45, 7) is 1.46. The van der Waals surface area contributed by atoms with Crippen LogP contribution in [0.5, 0.6) is 0 Å². The molecule has 1 saturated heterocycles. The van der Waals surface area contributed by atoms with Gasteiger partial charge in [0, 0.05) is 29.2 Å². The number of benzene rings is 1. The van der Waals surface area contributed by atoms with Crippen molar-refractivity contribution in [2.24, 2.45) is 10.9 Å². The van der Waals surface area contributed by atoms with Gasteiger partial charge in [0.1, 0.15) is 0 Å². The standard InChI is InChI=1S/C18H18N4O5/c1-9(14-15(23)21-18(26)22-16(14)24)20-13(17(25)27-2)7-10-8-19-12-6-4-3-5-11(10)12/h3-6,8,13-14,19H,7H2,1-2H3,(H2,21,22,23,24,26)/t13-/m0/s1. The number of esters is 1. The molecule has 3 rings (SSSR count). The molecule has 1 aliphatic rings. The zero-order valence-corrected chi connectivity index (χ0v) is 14.7. The number of nitrogens with zero attached hydrogens (tertiary/aromatic N) is 1. The van der Waals surface area contributed by atoms with Gasteiger partial charge >= 0.3 is 12.0 Å². The van der Waals surface area contributed by atoms with Gasteiger partial charge in [-0.05, 0) is 18.6 Å². The van der Waals surface area contributed by atoms with Crippen molar-refractivity contribution in [3.8, 4) is 0 Å². The molecular formula is C18H18N4O5. The largest absolute Gasteiger partial charge is 0.467 e. The number of H-pyrrole nitrogens is 1. The molecule has 9 nitrogen and oxygen atoms in total. The van der Waals surface area contributed by atoms with E-state index in [2.05, 4.69) is 9.98 Å². The van der Waals surface area contributed by atoms with Gasteiger partial charge in [0.25, 0.3) is 0 Å². The molecule has 9 heteroatoms. The number of hydrogen-bond donors (Lipinski definition) is 3. The van der Waals surface area contributed by atoms with E-state index in [1.807, 2.05) is 34.9 Å². The fraction of sp³-hybridized carbons (Fsp3) is 0.278. The van der Waals surface area contributed by atoms with E-state index >= 15 is 0 Å². The number of para-hydroxylation sites is 1. The van der Waals surface area contributed by atoms with Gasteiger partial charge in [0.05, 0.1) is 7.11 Å². The minimum absolute atomic E-state index is 0.118. The first-order chi connectivity index (χ1) is 12.9. The predicted molar refractivity (Wildman–Crippen MR) is 96.1 cm³/mol. The Kier molecular flexibility index (Phi) is 5.02. The molecular weight excluding hydrogens is 352 g/mol. The van der Waals surface area contributed by atoms with Crippen LogP contribution in [0.4, 0.5) is 4.79 Å². The van der Waals surface area contributed by atoms with Crippen molar-refractivity contribution in [2.45, 2.75) is 19.4 Å². The number of hydrogen-bond acceptors (Lipinski definition) is 6. The maximum atomic E-state index is 12.2. The number of carbonyl (C=O) groups is 4. The maximum Gasteiger partial charge on any atom is 0.330 e. The molecule has 1 atom stereocenters.